The number of aliphatic hydroxyl groups excluding tert-OH is 1. The van der Waals surface area contributed by atoms with E-state index in [1.54, 1.807) is 0 Å². The van der Waals surface area contributed by atoms with Crippen LogP contribution in [0.15, 0.2) is 0 Å². The van der Waals surface area contributed by atoms with Gasteiger partial charge in [-0.3, -0.25) is 4.90 Å². The third kappa shape index (κ3) is 3.28. The van der Waals surface area contributed by atoms with Gasteiger partial charge >= 0.3 is 0 Å². The molecular formula is C11H23NO. The number of rotatable bonds is 5. The molecule has 2 atom stereocenters. The molecule has 2 nitrogen and oxygen atoms in total. The Morgan fingerprint density at radius 2 is 1.77 bits per heavy atom. The van der Waals surface area contributed by atoms with E-state index in [-0.39, 0.29) is 6.10 Å². The minimum atomic E-state index is -0.221. The normalized spacial score (nSPS) is 22.4. The molecule has 0 heterocycles. The van der Waals surface area contributed by atoms with E-state index in [4.69, 9.17) is 0 Å². The van der Waals surface area contributed by atoms with Crippen molar-refractivity contribution in [2.45, 2.75) is 58.7 Å². The second kappa shape index (κ2) is 4.43. The quantitative estimate of drug-likeness (QED) is 0.707. The minimum Gasteiger partial charge on any atom is -0.392 e. The van der Waals surface area contributed by atoms with Gasteiger partial charge in [-0.05, 0) is 46.5 Å². The Hall–Kier alpha value is -0.0800. The fraction of sp³-hybridized carbons (Fsp3) is 1.00. The first-order valence-electron chi connectivity index (χ1n) is 5.46. The summed E-state index contributed by atoms with van der Waals surface area (Å²) < 4.78 is 0. The predicted molar refractivity (Wildman–Crippen MR) is 55.7 cm³/mol. The van der Waals surface area contributed by atoms with Gasteiger partial charge in [0.2, 0.25) is 0 Å². The first-order valence-corrected chi connectivity index (χ1v) is 5.46. The molecule has 0 aromatic heterocycles. The van der Waals surface area contributed by atoms with Crippen molar-refractivity contribution in [3.8, 4) is 0 Å². The first-order chi connectivity index (χ1) is 6.02. The molecule has 78 valence electrons. The average Bonchev–Trinajstić information content (AvgIpc) is 2.81. The van der Waals surface area contributed by atoms with E-state index >= 15 is 0 Å². The highest BCUT2D eigenvalue weighted by Crippen LogP contribution is 2.31. The van der Waals surface area contributed by atoms with Crippen LogP contribution in [0.5, 0.6) is 0 Å². The van der Waals surface area contributed by atoms with Gasteiger partial charge < -0.3 is 5.11 Å². The van der Waals surface area contributed by atoms with Crippen molar-refractivity contribution in [1.29, 1.82) is 0 Å². The number of aliphatic hydroxyl groups is 1. The van der Waals surface area contributed by atoms with E-state index in [1.165, 1.54) is 19.4 Å². The van der Waals surface area contributed by atoms with Gasteiger partial charge in [-0.25, -0.2) is 0 Å². The molecule has 1 aliphatic rings. The van der Waals surface area contributed by atoms with E-state index < -0.39 is 0 Å². The van der Waals surface area contributed by atoms with Crippen LogP contribution < -0.4 is 0 Å². The predicted octanol–water partition coefficient (Wildman–Crippen LogP) is 1.88. The van der Waals surface area contributed by atoms with Gasteiger partial charge in [0.15, 0.2) is 0 Å². The second-order valence-electron chi connectivity index (χ2n) is 4.72. The smallest absolute Gasteiger partial charge is 0.0664 e. The molecule has 0 aromatic rings. The van der Waals surface area contributed by atoms with Crippen LogP contribution in [-0.2, 0) is 0 Å². The van der Waals surface area contributed by atoms with E-state index in [0.29, 0.717) is 12.1 Å². The zero-order chi connectivity index (χ0) is 10.0. The van der Waals surface area contributed by atoms with Crippen molar-refractivity contribution >= 4 is 0 Å². The molecule has 1 N–H and O–H groups in total. The summed E-state index contributed by atoms with van der Waals surface area (Å²) in [6.45, 7) is 9.59. The Kier molecular flexibility index (Phi) is 3.74. The van der Waals surface area contributed by atoms with Gasteiger partial charge in [0, 0.05) is 18.6 Å². The van der Waals surface area contributed by atoms with Crippen molar-refractivity contribution in [1.82, 2.24) is 4.90 Å². The van der Waals surface area contributed by atoms with E-state index in [0.717, 1.165) is 5.92 Å². The molecule has 0 saturated heterocycles. The van der Waals surface area contributed by atoms with Crippen LogP contribution in [0.1, 0.15) is 40.5 Å². The van der Waals surface area contributed by atoms with Crippen LogP contribution >= 0.6 is 0 Å². The van der Waals surface area contributed by atoms with Gasteiger partial charge in [0.05, 0.1) is 6.10 Å². The summed E-state index contributed by atoms with van der Waals surface area (Å²) in [5, 5.41) is 9.53. The van der Waals surface area contributed by atoms with Crippen molar-refractivity contribution in [3.63, 3.8) is 0 Å². The summed E-state index contributed by atoms with van der Waals surface area (Å²) in [5.74, 6) is 0.906. The van der Waals surface area contributed by atoms with Crippen LogP contribution in [0.3, 0.4) is 0 Å². The fourth-order valence-corrected chi connectivity index (χ4v) is 1.72. The maximum absolute atomic E-state index is 9.53. The molecule has 0 radical (unpaired) electrons. The van der Waals surface area contributed by atoms with Gasteiger partial charge in [-0.15, -0.1) is 0 Å². The van der Waals surface area contributed by atoms with Crippen molar-refractivity contribution < 1.29 is 5.11 Å². The molecule has 2 heteroatoms. The Morgan fingerprint density at radius 3 is 2.08 bits per heavy atom. The highest BCUT2D eigenvalue weighted by molar-refractivity contribution is 4.83. The summed E-state index contributed by atoms with van der Waals surface area (Å²) >= 11 is 0. The molecule has 0 amide bonds. The maximum atomic E-state index is 9.53. The fourth-order valence-electron chi connectivity index (χ4n) is 1.72. The molecule has 1 saturated carbocycles. The second-order valence-corrected chi connectivity index (χ2v) is 4.72. The number of hydrogen-bond donors (Lipinski definition) is 1. The topological polar surface area (TPSA) is 23.5 Å². The molecule has 0 bridgehead atoms. The molecule has 2 unspecified atom stereocenters. The maximum Gasteiger partial charge on any atom is 0.0664 e. The van der Waals surface area contributed by atoms with Crippen LogP contribution in [0, 0.1) is 5.92 Å². The van der Waals surface area contributed by atoms with Gasteiger partial charge in [-0.2, -0.15) is 0 Å². The van der Waals surface area contributed by atoms with Gasteiger partial charge in [-0.1, -0.05) is 0 Å². The lowest BCUT2D eigenvalue weighted by molar-refractivity contribution is 0.0487. The molecule has 1 fully saturated rings. The van der Waals surface area contributed by atoms with Crippen molar-refractivity contribution in [2.75, 3.05) is 6.54 Å². The van der Waals surface area contributed by atoms with E-state index in [9.17, 15) is 5.11 Å². The van der Waals surface area contributed by atoms with Crippen LogP contribution in [0.2, 0.25) is 0 Å². The largest absolute Gasteiger partial charge is 0.392 e. The van der Waals surface area contributed by atoms with Crippen LogP contribution in [0.25, 0.3) is 0 Å². The average molecular weight is 185 g/mol. The van der Waals surface area contributed by atoms with Crippen LogP contribution in [-0.4, -0.2) is 34.7 Å². The highest BCUT2D eigenvalue weighted by Gasteiger charge is 2.29. The highest BCUT2D eigenvalue weighted by atomic mass is 16.3. The summed E-state index contributed by atoms with van der Waals surface area (Å²) in [4.78, 5) is 2.42. The third-order valence-electron chi connectivity index (χ3n) is 3.05. The van der Waals surface area contributed by atoms with Gasteiger partial charge in [0.25, 0.3) is 0 Å². The summed E-state index contributed by atoms with van der Waals surface area (Å²) in [7, 11) is 0. The molecule has 13 heavy (non-hydrogen) atoms. The Morgan fingerprint density at radius 1 is 1.23 bits per heavy atom. The van der Waals surface area contributed by atoms with Crippen molar-refractivity contribution in [3.05, 3.63) is 0 Å². The number of hydrogen-bond acceptors (Lipinski definition) is 2. The number of nitrogens with zero attached hydrogens (tertiary/aromatic N) is 1. The first kappa shape index (κ1) is 11.0. The summed E-state index contributed by atoms with van der Waals surface area (Å²) in [5.41, 5.74) is 0. The molecule has 1 rings (SSSR count). The lowest BCUT2D eigenvalue weighted by atomic mass is 10.1. The van der Waals surface area contributed by atoms with Crippen molar-refractivity contribution in [2.24, 2.45) is 5.92 Å². The van der Waals surface area contributed by atoms with E-state index in [1.807, 2.05) is 6.92 Å². The lowest BCUT2D eigenvalue weighted by Crippen LogP contribution is -2.45. The minimum absolute atomic E-state index is 0.221. The SMILES string of the molecule is CC(O)C(C)N(CC1CC1)C(C)C. The molecule has 1 aliphatic carbocycles. The monoisotopic (exact) mass is 185 g/mol. The van der Waals surface area contributed by atoms with Gasteiger partial charge in [0.1, 0.15) is 0 Å². The molecule has 0 aliphatic heterocycles. The summed E-state index contributed by atoms with van der Waals surface area (Å²) in [6.07, 6.45) is 2.55. The van der Waals surface area contributed by atoms with E-state index in [2.05, 4.69) is 25.7 Å². The lowest BCUT2D eigenvalue weighted by Gasteiger charge is -2.34. The Labute approximate surface area is 81.9 Å². The van der Waals surface area contributed by atoms with Crippen LogP contribution in [0.4, 0.5) is 0 Å². The molecular weight excluding hydrogens is 162 g/mol. The third-order valence-corrected chi connectivity index (χ3v) is 3.05. The molecule has 0 spiro atoms. The summed E-state index contributed by atoms with van der Waals surface area (Å²) in [6, 6.07) is 0.839. The zero-order valence-electron chi connectivity index (χ0n) is 9.33. The zero-order valence-corrected chi connectivity index (χ0v) is 9.33. The Balaban J connectivity index is 2.44. The standard InChI is InChI=1S/C11H23NO/c1-8(2)12(7-11-5-6-11)9(3)10(4)13/h8-11,13H,5-7H2,1-4H3. The molecule has 0 aromatic carbocycles. The Bertz CT molecular complexity index is 152.